The van der Waals surface area contributed by atoms with Crippen LogP contribution in [0.5, 0.6) is 0 Å². The molecule has 4 nitrogen and oxygen atoms in total. The number of rotatable bonds is 2. The van der Waals surface area contributed by atoms with E-state index in [4.69, 9.17) is 9.47 Å². The minimum absolute atomic E-state index is 0.0279. The predicted molar refractivity (Wildman–Crippen MR) is 84.4 cm³/mol. The Morgan fingerprint density at radius 3 is 2.22 bits per heavy atom. The molecule has 1 aliphatic heterocycles. The second-order valence-electron chi connectivity index (χ2n) is 8.03. The Morgan fingerprint density at radius 1 is 1.00 bits per heavy atom. The Hall–Kier alpha value is -0.910. The van der Waals surface area contributed by atoms with Crippen LogP contribution in [0.3, 0.4) is 0 Å². The van der Waals surface area contributed by atoms with Gasteiger partial charge in [-0.15, -0.1) is 0 Å². The van der Waals surface area contributed by atoms with Crippen molar-refractivity contribution in [3.8, 4) is 0 Å². The highest BCUT2D eigenvalue weighted by molar-refractivity contribution is 9.10. The van der Waals surface area contributed by atoms with Gasteiger partial charge in [0, 0.05) is 11.3 Å². The van der Waals surface area contributed by atoms with Crippen LogP contribution in [0, 0.1) is 40.9 Å². The summed E-state index contributed by atoms with van der Waals surface area (Å²) in [7, 11) is 0. The van der Waals surface area contributed by atoms with Gasteiger partial charge in [-0.05, 0) is 35.2 Å². The van der Waals surface area contributed by atoms with Crippen molar-refractivity contribution in [3.63, 3.8) is 0 Å². The first kappa shape index (κ1) is 12.5. The second kappa shape index (κ2) is 3.26. The van der Waals surface area contributed by atoms with Crippen LogP contribution in [-0.4, -0.2) is 34.2 Å². The first-order chi connectivity index (χ1) is 11.2. The van der Waals surface area contributed by atoms with Crippen LogP contribution < -0.4 is 0 Å². The van der Waals surface area contributed by atoms with Crippen LogP contribution in [-0.2, 0) is 9.47 Å². The summed E-state index contributed by atoms with van der Waals surface area (Å²) in [4.78, 5) is 0. The first-order valence-corrected chi connectivity index (χ1v) is 9.28. The SMILES string of the molecule is O/N=C(/c1ccccc1)C12C3[C@@H]4[C@H]1C1[C@@H]2[C@H]3C4(Br)C12OCCO2. The smallest absolute Gasteiger partial charge is 0.187 e. The number of hydrogen-bond donors (Lipinski definition) is 1. The second-order valence-corrected chi connectivity index (χ2v) is 9.35. The number of benzene rings is 1. The van der Waals surface area contributed by atoms with E-state index >= 15 is 0 Å². The molecule has 1 spiro atoms. The molecular formula is C18H16BrNO3. The molecular weight excluding hydrogens is 358 g/mol. The number of alkyl halides is 1. The van der Waals surface area contributed by atoms with Gasteiger partial charge < -0.3 is 14.7 Å². The topological polar surface area (TPSA) is 51.1 Å². The largest absolute Gasteiger partial charge is 0.411 e. The molecule has 0 radical (unpaired) electrons. The van der Waals surface area contributed by atoms with Gasteiger partial charge in [0.05, 0.1) is 23.2 Å². The van der Waals surface area contributed by atoms with E-state index in [0.29, 0.717) is 48.7 Å². The Bertz CT molecular complexity index is 767. The molecule has 8 atom stereocenters. The zero-order valence-corrected chi connectivity index (χ0v) is 13.9. The molecule has 7 fully saturated rings. The van der Waals surface area contributed by atoms with Crippen LogP contribution in [0.1, 0.15) is 5.56 Å². The molecule has 0 aromatic heterocycles. The molecule has 8 rings (SSSR count). The summed E-state index contributed by atoms with van der Waals surface area (Å²) in [6, 6.07) is 10.2. The Morgan fingerprint density at radius 2 is 1.61 bits per heavy atom. The van der Waals surface area contributed by atoms with E-state index in [1.165, 1.54) is 0 Å². The Kier molecular flexibility index (Phi) is 1.77. The standard InChI is InChI=1S/C18H16BrNO3/c19-17-12-9-13(17)11-14(18(17)22-6-7-23-18)10(12)16(9,11)15(20-21)8-4-2-1-3-5-8/h1-5,9-14,21H,6-7H2/b20-15-/t9?,10-,11-,12-,13+,14?,16?,17?/m0/s1. The lowest BCUT2D eigenvalue weighted by Crippen LogP contribution is -2.94. The number of ether oxygens (including phenoxy) is 2. The lowest BCUT2D eigenvalue weighted by atomic mass is 9.12. The third-order valence-electron chi connectivity index (χ3n) is 8.19. The van der Waals surface area contributed by atoms with Gasteiger partial charge in [0.1, 0.15) is 0 Å². The quantitative estimate of drug-likeness (QED) is 0.375. The molecule has 7 aliphatic rings. The lowest BCUT2D eigenvalue weighted by molar-refractivity contribution is -0.404. The van der Waals surface area contributed by atoms with Crippen LogP contribution in [0.4, 0.5) is 0 Å². The molecule has 5 heteroatoms. The summed E-state index contributed by atoms with van der Waals surface area (Å²) in [5.74, 6) is 3.07. The van der Waals surface area contributed by atoms with E-state index in [1.54, 1.807) is 0 Å². The lowest BCUT2D eigenvalue weighted by Gasteiger charge is -2.91. The van der Waals surface area contributed by atoms with E-state index in [1.807, 2.05) is 18.2 Å². The molecule has 0 amide bonds. The highest BCUT2D eigenvalue weighted by Crippen LogP contribution is 3.05. The van der Waals surface area contributed by atoms with Crippen LogP contribution >= 0.6 is 15.9 Å². The highest BCUT2D eigenvalue weighted by Gasteiger charge is 3.09. The summed E-state index contributed by atoms with van der Waals surface area (Å²) in [5.41, 5.74) is 2.06. The summed E-state index contributed by atoms with van der Waals surface area (Å²) in [6.07, 6.45) is 0. The van der Waals surface area contributed by atoms with Crippen LogP contribution in [0.25, 0.3) is 0 Å². The Balaban J connectivity index is 1.37. The highest BCUT2D eigenvalue weighted by atomic mass is 79.9. The molecule has 2 bridgehead atoms. The van der Waals surface area contributed by atoms with Gasteiger partial charge in [0.2, 0.25) is 0 Å². The molecule has 4 unspecified atom stereocenters. The van der Waals surface area contributed by atoms with Crippen molar-refractivity contribution in [1.82, 2.24) is 0 Å². The van der Waals surface area contributed by atoms with Crippen molar-refractivity contribution in [2.24, 2.45) is 46.1 Å². The van der Waals surface area contributed by atoms with Crippen molar-refractivity contribution in [1.29, 1.82) is 0 Å². The molecule has 23 heavy (non-hydrogen) atoms. The van der Waals surface area contributed by atoms with Gasteiger partial charge in [0.15, 0.2) is 5.79 Å². The fraction of sp³-hybridized carbons (Fsp3) is 0.611. The maximum absolute atomic E-state index is 9.81. The maximum atomic E-state index is 9.81. The monoisotopic (exact) mass is 373 g/mol. The molecule has 1 aromatic carbocycles. The third-order valence-corrected chi connectivity index (χ3v) is 9.80. The zero-order valence-electron chi connectivity index (χ0n) is 12.4. The first-order valence-electron chi connectivity index (χ1n) is 8.49. The minimum atomic E-state index is -0.397. The van der Waals surface area contributed by atoms with E-state index in [9.17, 15) is 5.21 Å². The van der Waals surface area contributed by atoms with E-state index in [0.717, 1.165) is 11.3 Å². The summed E-state index contributed by atoms with van der Waals surface area (Å²) in [5, 5.41) is 13.6. The van der Waals surface area contributed by atoms with Crippen LogP contribution in [0.2, 0.25) is 0 Å². The van der Waals surface area contributed by atoms with Gasteiger partial charge in [-0.25, -0.2) is 0 Å². The van der Waals surface area contributed by atoms with Gasteiger partial charge in [0.25, 0.3) is 0 Å². The van der Waals surface area contributed by atoms with Crippen molar-refractivity contribution >= 4 is 21.6 Å². The fourth-order valence-corrected chi connectivity index (χ4v) is 9.71. The van der Waals surface area contributed by atoms with Crippen LogP contribution in [0.15, 0.2) is 35.5 Å². The Labute approximate surface area is 142 Å². The third kappa shape index (κ3) is 0.815. The van der Waals surface area contributed by atoms with Gasteiger partial charge >= 0.3 is 0 Å². The summed E-state index contributed by atoms with van der Waals surface area (Å²) in [6.45, 7) is 1.42. The van der Waals surface area contributed by atoms with E-state index in [2.05, 4.69) is 33.2 Å². The molecule has 6 saturated carbocycles. The van der Waals surface area contributed by atoms with Gasteiger partial charge in [-0.3, -0.25) is 0 Å². The van der Waals surface area contributed by atoms with Gasteiger partial charge in [-0.2, -0.15) is 0 Å². The average molecular weight is 374 g/mol. The summed E-state index contributed by atoms with van der Waals surface area (Å²) < 4.78 is 12.4. The number of hydrogen-bond acceptors (Lipinski definition) is 4. The predicted octanol–water partition coefficient (Wildman–Crippen LogP) is 2.49. The van der Waals surface area contributed by atoms with Gasteiger partial charge in [-0.1, -0.05) is 51.4 Å². The normalized spacial score (nSPS) is 58.2. The molecule has 6 aliphatic carbocycles. The van der Waals surface area contributed by atoms with Crippen molar-refractivity contribution in [2.45, 2.75) is 10.1 Å². The fourth-order valence-electron chi connectivity index (χ4n) is 8.08. The average Bonchev–Trinajstić information content (AvgIpc) is 3.11. The van der Waals surface area contributed by atoms with Crippen molar-refractivity contribution in [3.05, 3.63) is 35.9 Å². The number of halogens is 1. The molecule has 1 heterocycles. The minimum Gasteiger partial charge on any atom is -0.411 e. The summed E-state index contributed by atoms with van der Waals surface area (Å²) >= 11 is 4.07. The van der Waals surface area contributed by atoms with Crippen molar-refractivity contribution < 1.29 is 14.7 Å². The van der Waals surface area contributed by atoms with E-state index < -0.39 is 5.79 Å². The molecule has 1 aromatic rings. The van der Waals surface area contributed by atoms with Crippen molar-refractivity contribution in [2.75, 3.05) is 13.2 Å². The van der Waals surface area contributed by atoms with E-state index in [-0.39, 0.29) is 9.74 Å². The molecule has 1 saturated heterocycles. The maximum Gasteiger partial charge on any atom is 0.187 e. The molecule has 118 valence electrons. The number of nitrogens with zero attached hydrogens (tertiary/aromatic N) is 1. The number of oxime groups is 1. The molecule has 1 N–H and O–H groups in total. The zero-order chi connectivity index (χ0) is 15.2.